The number of halogens is 3. The second kappa shape index (κ2) is 5.53. The summed E-state index contributed by atoms with van der Waals surface area (Å²) in [4.78, 5) is 10.6. The second-order valence-electron chi connectivity index (χ2n) is 2.80. The van der Waals surface area contributed by atoms with Gasteiger partial charge < -0.3 is 9.84 Å². The van der Waals surface area contributed by atoms with E-state index in [0.29, 0.717) is 10.8 Å². The van der Waals surface area contributed by atoms with Crippen LogP contribution in [0.15, 0.2) is 12.1 Å². The van der Waals surface area contributed by atoms with Crippen molar-refractivity contribution < 1.29 is 14.6 Å². The maximum atomic E-state index is 10.6. The number of aliphatic carboxylic acids is 1. The van der Waals surface area contributed by atoms with Gasteiger partial charge in [0.15, 0.2) is 6.10 Å². The minimum Gasteiger partial charge on any atom is -0.479 e. The summed E-state index contributed by atoms with van der Waals surface area (Å²) in [7, 11) is 0. The first-order valence-electron chi connectivity index (χ1n) is 3.96. The number of rotatable bonds is 3. The Balaban J connectivity index is 3.00. The number of carbonyl (C=O) groups is 1. The van der Waals surface area contributed by atoms with Crippen molar-refractivity contribution in [3.05, 3.63) is 24.3 Å². The van der Waals surface area contributed by atoms with Gasteiger partial charge in [0.05, 0.1) is 7.14 Å². The third kappa shape index (κ3) is 3.63. The first-order chi connectivity index (χ1) is 6.91. The summed E-state index contributed by atoms with van der Waals surface area (Å²) < 4.78 is 6.93. The third-order valence-corrected chi connectivity index (χ3v) is 3.43. The minimum atomic E-state index is -0.989. The van der Waals surface area contributed by atoms with E-state index in [1.807, 2.05) is 0 Å². The number of carboxylic acids is 1. The van der Waals surface area contributed by atoms with Crippen molar-refractivity contribution in [3.8, 4) is 5.75 Å². The molecule has 1 unspecified atom stereocenters. The minimum absolute atomic E-state index is 0.565. The number of carboxylic acid groups (broad SMARTS) is 1. The maximum absolute atomic E-state index is 10.6. The summed E-state index contributed by atoms with van der Waals surface area (Å²) in [5.74, 6) is -0.424. The number of hydrogen-bond acceptors (Lipinski definition) is 2. The first-order valence-corrected chi connectivity index (χ1v) is 6.49. The van der Waals surface area contributed by atoms with E-state index in [0.717, 1.165) is 7.14 Å². The highest BCUT2D eigenvalue weighted by molar-refractivity contribution is 14.1. The molecule has 1 rings (SSSR count). The molecular formula is C9H7ClI2O3. The molecule has 1 atom stereocenters. The quantitative estimate of drug-likeness (QED) is 0.716. The van der Waals surface area contributed by atoms with Crippen LogP contribution in [0.25, 0.3) is 0 Å². The van der Waals surface area contributed by atoms with Gasteiger partial charge in [-0.25, -0.2) is 4.79 Å². The van der Waals surface area contributed by atoms with Crippen molar-refractivity contribution in [1.29, 1.82) is 0 Å². The van der Waals surface area contributed by atoms with Gasteiger partial charge in [-0.05, 0) is 64.2 Å². The number of hydrogen-bond donors (Lipinski definition) is 1. The van der Waals surface area contributed by atoms with Gasteiger partial charge in [0.2, 0.25) is 0 Å². The van der Waals surface area contributed by atoms with Crippen molar-refractivity contribution in [2.75, 3.05) is 0 Å². The Kier molecular flexibility index (Phi) is 4.91. The van der Waals surface area contributed by atoms with E-state index in [1.54, 1.807) is 12.1 Å². The van der Waals surface area contributed by atoms with E-state index >= 15 is 0 Å². The lowest BCUT2D eigenvalue weighted by molar-refractivity contribution is -0.144. The Labute approximate surface area is 119 Å². The molecule has 1 aromatic carbocycles. The molecule has 6 heteroatoms. The molecule has 0 heterocycles. The molecule has 0 radical (unpaired) electrons. The molecule has 0 aliphatic rings. The fraction of sp³-hybridized carbons (Fsp3) is 0.222. The molecule has 1 aromatic rings. The van der Waals surface area contributed by atoms with Crippen LogP contribution in [-0.4, -0.2) is 17.2 Å². The van der Waals surface area contributed by atoms with Crippen LogP contribution in [0.5, 0.6) is 5.75 Å². The monoisotopic (exact) mass is 452 g/mol. The van der Waals surface area contributed by atoms with E-state index in [1.165, 1.54) is 6.92 Å². The predicted octanol–water partition coefficient (Wildman–Crippen LogP) is 3.40. The lowest BCUT2D eigenvalue weighted by atomic mass is 10.3. The highest BCUT2D eigenvalue weighted by Gasteiger charge is 2.16. The van der Waals surface area contributed by atoms with Crippen LogP contribution < -0.4 is 4.74 Å². The standard InChI is InChI=1S/C9H7ClI2O3/c1-4(9(13)14)15-8-6(11)2-5(10)3-7(8)12/h2-4H,1H3,(H,13,14). The molecule has 0 aliphatic heterocycles. The van der Waals surface area contributed by atoms with Crippen molar-refractivity contribution in [2.24, 2.45) is 0 Å². The molecule has 0 saturated heterocycles. The largest absolute Gasteiger partial charge is 0.479 e. The van der Waals surface area contributed by atoms with Crippen molar-refractivity contribution in [2.45, 2.75) is 13.0 Å². The average Bonchev–Trinajstić information content (AvgIpc) is 2.10. The van der Waals surface area contributed by atoms with Gasteiger partial charge in [-0.3, -0.25) is 0 Å². The van der Waals surface area contributed by atoms with Crippen LogP contribution in [0.2, 0.25) is 5.02 Å². The second-order valence-corrected chi connectivity index (χ2v) is 5.56. The summed E-state index contributed by atoms with van der Waals surface area (Å²) in [5, 5.41) is 9.33. The van der Waals surface area contributed by atoms with Crippen molar-refractivity contribution in [1.82, 2.24) is 0 Å². The topological polar surface area (TPSA) is 46.5 Å². The number of benzene rings is 1. The van der Waals surface area contributed by atoms with E-state index in [-0.39, 0.29) is 0 Å². The van der Waals surface area contributed by atoms with Crippen molar-refractivity contribution >= 4 is 62.8 Å². The van der Waals surface area contributed by atoms with Gasteiger partial charge in [-0.2, -0.15) is 0 Å². The first kappa shape index (κ1) is 13.3. The summed E-state index contributed by atoms with van der Waals surface area (Å²) in [5.41, 5.74) is 0. The summed E-state index contributed by atoms with van der Waals surface area (Å²) >= 11 is 9.96. The molecule has 0 fully saturated rings. The van der Waals surface area contributed by atoms with Gasteiger partial charge in [0.25, 0.3) is 0 Å². The average molecular weight is 452 g/mol. The molecule has 1 N–H and O–H groups in total. The molecule has 0 aliphatic carbocycles. The van der Waals surface area contributed by atoms with Gasteiger partial charge >= 0.3 is 5.97 Å². The molecule has 0 amide bonds. The molecule has 0 aromatic heterocycles. The zero-order valence-electron chi connectivity index (χ0n) is 7.63. The molecule has 82 valence electrons. The molecule has 3 nitrogen and oxygen atoms in total. The van der Waals surface area contributed by atoms with Crippen LogP contribution in [-0.2, 0) is 4.79 Å². The lowest BCUT2D eigenvalue weighted by Gasteiger charge is -2.13. The van der Waals surface area contributed by atoms with Crippen molar-refractivity contribution in [3.63, 3.8) is 0 Å². The fourth-order valence-electron chi connectivity index (χ4n) is 0.869. The van der Waals surface area contributed by atoms with E-state index < -0.39 is 12.1 Å². The van der Waals surface area contributed by atoms with E-state index in [2.05, 4.69) is 45.2 Å². The van der Waals surface area contributed by atoms with Gasteiger partial charge in [-0.15, -0.1) is 0 Å². The highest BCUT2D eigenvalue weighted by atomic mass is 127. The molecule has 0 saturated carbocycles. The lowest BCUT2D eigenvalue weighted by Crippen LogP contribution is -2.23. The van der Waals surface area contributed by atoms with Crippen LogP contribution in [0, 0.1) is 7.14 Å². The van der Waals surface area contributed by atoms with E-state index in [9.17, 15) is 4.79 Å². The zero-order valence-corrected chi connectivity index (χ0v) is 12.7. The van der Waals surface area contributed by atoms with Crippen LogP contribution in [0.1, 0.15) is 6.92 Å². The maximum Gasteiger partial charge on any atom is 0.344 e. The van der Waals surface area contributed by atoms with Gasteiger partial charge in [-0.1, -0.05) is 11.6 Å². The molecule has 0 spiro atoms. The summed E-state index contributed by atoms with van der Waals surface area (Å²) in [6, 6.07) is 3.46. The highest BCUT2D eigenvalue weighted by Crippen LogP contribution is 2.31. The normalized spacial score (nSPS) is 12.3. The van der Waals surface area contributed by atoms with Crippen LogP contribution in [0.3, 0.4) is 0 Å². The van der Waals surface area contributed by atoms with Gasteiger partial charge in [0.1, 0.15) is 5.75 Å². The zero-order chi connectivity index (χ0) is 11.6. The van der Waals surface area contributed by atoms with Gasteiger partial charge in [0, 0.05) is 5.02 Å². The Morgan fingerprint density at radius 3 is 2.33 bits per heavy atom. The Hall–Kier alpha value is 0.240. The van der Waals surface area contributed by atoms with E-state index in [4.69, 9.17) is 21.4 Å². The SMILES string of the molecule is CC(Oc1c(I)cc(Cl)cc1I)C(=O)O. The van der Waals surface area contributed by atoms with Crippen LogP contribution >= 0.6 is 56.8 Å². The fourth-order valence-corrected chi connectivity index (χ4v) is 3.48. The summed E-state index contributed by atoms with van der Waals surface area (Å²) in [6.45, 7) is 1.49. The Morgan fingerprint density at radius 1 is 1.47 bits per heavy atom. The molecule has 0 bridgehead atoms. The number of ether oxygens (including phenoxy) is 1. The smallest absolute Gasteiger partial charge is 0.344 e. The molecule has 15 heavy (non-hydrogen) atoms. The Morgan fingerprint density at radius 2 is 1.93 bits per heavy atom. The third-order valence-electron chi connectivity index (χ3n) is 1.61. The molecular weight excluding hydrogens is 445 g/mol. The van der Waals surface area contributed by atoms with Crippen LogP contribution in [0.4, 0.5) is 0 Å². The summed E-state index contributed by atoms with van der Waals surface area (Å²) in [6.07, 6.45) is -0.867. The predicted molar refractivity (Wildman–Crippen MR) is 74.6 cm³/mol. The Bertz CT molecular complexity index is 372.